The van der Waals surface area contributed by atoms with Gasteiger partial charge in [-0.25, -0.2) is 0 Å². The number of benzene rings is 1. The van der Waals surface area contributed by atoms with Crippen LogP contribution < -0.4 is 10.2 Å². The molecule has 1 aromatic carbocycles. The van der Waals surface area contributed by atoms with Gasteiger partial charge in [0.25, 0.3) is 0 Å². The van der Waals surface area contributed by atoms with Gasteiger partial charge in [-0.05, 0) is 36.6 Å². The number of rotatable bonds is 4. The van der Waals surface area contributed by atoms with Crippen LogP contribution >= 0.6 is 0 Å². The maximum absolute atomic E-state index is 11.3. The molecule has 3 nitrogen and oxygen atoms in total. The number of carbonyl (C=O) groups is 1. The van der Waals surface area contributed by atoms with E-state index >= 15 is 0 Å². The van der Waals surface area contributed by atoms with Gasteiger partial charge in [0.15, 0.2) is 0 Å². The van der Waals surface area contributed by atoms with E-state index in [9.17, 15) is 4.79 Å². The highest BCUT2D eigenvalue weighted by atomic mass is 16.1. The minimum Gasteiger partial charge on any atom is -0.369 e. The molecule has 0 spiro atoms. The van der Waals surface area contributed by atoms with E-state index in [-0.39, 0.29) is 11.9 Å². The van der Waals surface area contributed by atoms with Crippen molar-refractivity contribution in [3.05, 3.63) is 42.5 Å². The average molecular weight is 244 g/mol. The van der Waals surface area contributed by atoms with Crippen molar-refractivity contribution in [3.63, 3.8) is 0 Å². The SMILES string of the molecule is C=CC(=O)N[C@@H]1CCN(c2cccc(CC)c2)C1. The molecule has 1 heterocycles. The molecule has 1 N–H and O–H groups in total. The Bertz CT molecular complexity index is 442. The molecule has 18 heavy (non-hydrogen) atoms. The summed E-state index contributed by atoms with van der Waals surface area (Å²) >= 11 is 0. The maximum Gasteiger partial charge on any atom is 0.243 e. The second-order valence-corrected chi connectivity index (χ2v) is 4.67. The summed E-state index contributed by atoms with van der Waals surface area (Å²) in [6, 6.07) is 8.86. The average Bonchev–Trinajstić information content (AvgIpc) is 2.87. The summed E-state index contributed by atoms with van der Waals surface area (Å²) in [4.78, 5) is 13.6. The van der Waals surface area contributed by atoms with E-state index in [1.165, 1.54) is 17.3 Å². The first-order valence-corrected chi connectivity index (χ1v) is 6.49. The first-order valence-electron chi connectivity index (χ1n) is 6.49. The molecule has 2 rings (SSSR count). The summed E-state index contributed by atoms with van der Waals surface area (Å²) in [5.41, 5.74) is 2.61. The Balaban J connectivity index is 1.99. The Morgan fingerprint density at radius 3 is 3.17 bits per heavy atom. The molecule has 1 aliphatic rings. The summed E-state index contributed by atoms with van der Waals surface area (Å²) in [5.74, 6) is -0.0795. The molecule has 0 saturated carbocycles. The standard InChI is InChI=1S/C15H20N2O/c1-3-12-6-5-7-14(10-12)17-9-8-13(11-17)16-15(18)4-2/h4-7,10,13H,2-3,8-9,11H2,1H3,(H,16,18)/t13-/m1/s1. The highest BCUT2D eigenvalue weighted by Crippen LogP contribution is 2.21. The second-order valence-electron chi connectivity index (χ2n) is 4.67. The smallest absolute Gasteiger partial charge is 0.243 e. The molecule has 0 unspecified atom stereocenters. The zero-order valence-electron chi connectivity index (χ0n) is 10.9. The van der Waals surface area contributed by atoms with E-state index in [0.717, 1.165) is 25.9 Å². The fraction of sp³-hybridized carbons (Fsp3) is 0.400. The Morgan fingerprint density at radius 1 is 1.61 bits per heavy atom. The van der Waals surface area contributed by atoms with Crippen LogP contribution in [0.4, 0.5) is 5.69 Å². The topological polar surface area (TPSA) is 32.3 Å². The van der Waals surface area contributed by atoms with Gasteiger partial charge >= 0.3 is 0 Å². The van der Waals surface area contributed by atoms with Crippen molar-refractivity contribution in [1.82, 2.24) is 5.32 Å². The zero-order valence-corrected chi connectivity index (χ0v) is 10.9. The molecule has 1 fully saturated rings. The molecule has 1 saturated heterocycles. The number of hydrogen-bond donors (Lipinski definition) is 1. The van der Waals surface area contributed by atoms with Gasteiger partial charge in [0, 0.05) is 24.8 Å². The Labute approximate surface area is 108 Å². The van der Waals surface area contributed by atoms with E-state index in [1.807, 2.05) is 0 Å². The quantitative estimate of drug-likeness (QED) is 0.823. The summed E-state index contributed by atoms with van der Waals surface area (Å²) in [7, 11) is 0. The second kappa shape index (κ2) is 5.71. The van der Waals surface area contributed by atoms with Crippen LogP contribution in [0.5, 0.6) is 0 Å². The number of nitrogens with zero attached hydrogens (tertiary/aromatic N) is 1. The molecule has 1 amide bonds. The number of amides is 1. The molecule has 3 heteroatoms. The molecule has 0 bridgehead atoms. The van der Waals surface area contributed by atoms with Crippen LogP contribution in [0.15, 0.2) is 36.9 Å². The molecule has 0 aliphatic carbocycles. The molecular weight excluding hydrogens is 224 g/mol. The van der Waals surface area contributed by atoms with Crippen molar-refractivity contribution in [2.24, 2.45) is 0 Å². The van der Waals surface area contributed by atoms with E-state index in [1.54, 1.807) is 0 Å². The van der Waals surface area contributed by atoms with Gasteiger partial charge in [0.05, 0.1) is 0 Å². The monoisotopic (exact) mass is 244 g/mol. The number of hydrogen-bond acceptors (Lipinski definition) is 2. The van der Waals surface area contributed by atoms with Crippen molar-refractivity contribution < 1.29 is 4.79 Å². The van der Waals surface area contributed by atoms with E-state index < -0.39 is 0 Å². The van der Waals surface area contributed by atoms with Crippen molar-refractivity contribution in [3.8, 4) is 0 Å². The van der Waals surface area contributed by atoms with Crippen molar-refractivity contribution in [2.75, 3.05) is 18.0 Å². The van der Waals surface area contributed by atoms with Crippen LogP contribution in [0.3, 0.4) is 0 Å². The molecule has 0 radical (unpaired) electrons. The van der Waals surface area contributed by atoms with E-state index in [4.69, 9.17) is 0 Å². The predicted molar refractivity (Wildman–Crippen MR) is 74.8 cm³/mol. The normalized spacial score (nSPS) is 18.7. The van der Waals surface area contributed by atoms with Crippen LogP contribution in [0, 0.1) is 0 Å². The van der Waals surface area contributed by atoms with Gasteiger partial charge < -0.3 is 10.2 Å². The molecular formula is C15H20N2O. The molecule has 1 aromatic rings. The number of carbonyl (C=O) groups excluding carboxylic acids is 1. The number of anilines is 1. The van der Waals surface area contributed by atoms with Gasteiger partial charge in [-0.2, -0.15) is 0 Å². The van der Waals surface area contributed by atoms with Crippen LogP contribution in [-0.2, 0) is 11.2 Å². The maximum atomic E-state index is 11.3. The fourth-order valence-electron chi connectivity index (χ4n) is 2.35. The first kappa shape index (κ1) is 12.7. The van der Waals surface area contributed by atoms with Gasteiger partial charge in [-0.1, -0.05) is 25.6 Å². The number of aryl methyl sites for hydroxylation is 1. The van der Waals surface area contributed by atoms with Crippen molar-refractivity contribution >= 4 is 11.6 Å². The van der Waals surface area contributed by atoms with Gasteiger partial charge in [-0.3, -0.25) is 4.79 Å². The first-order chi connectivity index (χ1) is 8.72. The highest BCUT2D eigenvalue weighted by molar-refractivity contribution is 5.87. The van der Waals surface area contributed by atoms with Crippen LogP contribution in [-0.4, -0.2) is 25.0 Å². The largest absolute Gasteiger partial charge is 0.369 e. The van der Waals surface area contributed by atoms with Crippen molar-refractivity contribution in [1.29, 1.82) is 0 Å². The van der Waals surface area contributed by atoms with Crippen LogP contribution in [0.25, 0.3) is 0 Å². The van der Waals surface area contributed by atoms with Crippen molar-refractivity contribution in [2.45, 2.75) is 25.8 Å². The lowest BCUT2D eigenvalue weighted by atomic mass is 10.1. The predicted octanol–water partition coefficient (Wildman–Crippen LogP) is 2.13. The Morgan fingerprint density at radius 2 is 2.44 bits per heavy atom. The lowest BCUT2D eigenvalue weighted by Crippen LogP contribution is -2.36. The van der Waals surface area contributed by atoms with Gasteiger partial charge in [0.2, 0.25) is 5.91 Å². The van der Waals surface area contributed by atoms with Gasteiger partial charge in [-0.15, -0.1) is 0 Å². The summed E-state index contributed by atoms with van der Waals surface area (Å²) < 4.78 is 0. The third kappa shape index (κ3) is 2.92. The zero-order chi connectivity index (χ0) is 13.0. The Kier molecular flexibility index (Phi) is 4.03. The highest BCUT2D eigenvalue weighted by Gasteiger charge is 2.23. The molecule has 1 atom stereocenters. The van der Waals surface area contributed by atoms with Crippen LogP contribution in [0.1, 0.15) is 18.9 Å². The van der Waals surface area contributed by atoms with Crippen LogP contribution in [0.2, 0.25) is 0 Å². The van der Waals surface area contributed by atoms with Gasteiger partial charge in [0.1, 0.15) is 0 Å². The summed E-state index contributed by atoms with van der Waals surface area (Å²) in [5, 5.41) is 2.96. The Hall–Kier alpha value is -1.77. The third-order valence-corrected chi connectivity index (χ3v) is 3.40. The minimum absolute atomic E-state index is 0.0795. The molecule has 96 valence electrons. The third-order valence-electron chi connectivity index (χ3n) is 3.40. The fourth-order valence-corrected chi connectivity index (χ4v) is 2.35. The lowest BCUT2D eigenvalue weighted by molar-refractivity contribution is -0.117. The molecule has 0 aromatic heterocycles. The minimum atomic E-state index is -0.0795. The number of nitrogens with one attached hydrogen (secondary N) is 1. The summed E-state index contributed by atoms with van der Waals surface area (Å²) in [6.07, 6.45) is 3.38. The van der Waals surface area contributed by atoms with E-state index in [0.29, 0.717) is 0 Å². The van der Waals surface area contributed by atoms with E-state index in [2.05, 4.69) is 48.0 Å². The summed E-state index contributed by atoms with van der Waals surface area (Å²) in [6.45, 7) is 7.52. The lowest BCUT2D eigenvalue weighted by Gasteiger charge is -2.19. The molecule has 1 aliphatic heterocycles.